The lowest BCUT2D eigenvalue weighted by atomic mass is 10.2. The zero-order valence-electron chi connectivity index (χ0n) is 12.9. The van der Waals surface area contributed by atoms with Crippen molar-refractivity contribution in [2.24, 2.45) is 12.2 Å². The number of aromatic hydroxyl groups is 1. The number of unbranched alkanes of at least 4 members (excludes halogenated alkanes) is 1. The molecular weight excluding hydrogens is 298 g/mol. The van der Waals surface area contributed by atoms with Crippen LogP contribution >= 0.6 is 0 Å². The van der Waals surface area contributed by atoms with Crippen molar-refractivity contribution in [2.75, 3.05) is 6.61 Å². The summed E-state index contributed by atoms with van der Waals surface area (Å²) in [4.78, 5) is 11.8. The van der Waals surface area contributed by atoms with Crippen LogP contribution in [-0.4, -0.2) is 33.7 Å². The van der Waals surface area contributed by atoms with Gasteiger partial charge in [-0.2, -0.15) is 0 Å². The normalized spacial score (nSPS) is 11.0. The SMILES string of the molecule is C[n+]1ccn(CCCCOC(=O)c2ccccc2O)c1/C=N/O. The minimum absolute atomic E-state index is 0.0785. The van der Waals surface area contributed by atoms with Gasteiger partial charge >= 0.3 is 11.8 Å². The van der Waals surface area contributed by atoms with E-state index in [-0.39, 0.29) is 17.9 Å². The van der Waals surface area contributed by atoms with E-state index in [1.807, 2.05) is 28.6 Å². The average Bonchev–Trinajstić information content (AvgIpc) is 2.88. The number of oxime groups is 1. The molecule has 0 aliphatic heterocycles. The minimum atomic E-state index is -0.524. The average molecular weight is 318 g/mol. The van der Waals surface area contributed by atoms with Crippen LogP contribution in [0.1, 0.15) is 29.0 Å². The van der Waals surface area contributed by atoms with Crippen molar-refractivity contribution in [2.45, 2.75) is 19.4 Å². The molecule has 2 rings (SSSR count). The Morgan fingerprint density at radius 3 is 2.91 bits per heavy atom. The second-order valence-electron chi connectivity index (χ2n) is 5.07. The fraction of sp³-hybridized carbons (Fsp3) is 0.312. The topological polar surface area (TPSA) is 87.9 Å². The summed E-state index contributed by atoms with van der Waals surface area (Å²) in [5.41, 5.74) is 0.173. The fourth-order valence-corrected chi connectivity index (χ4v) is 2.21. The zero-order chi connectivity index (χ0) is 16.7. The van der Waals surface area contributed by atoms with Crippen LogP contribution in [0, 0.1) is 0 Å². The lowest BCUT2D eigenvalue weighted by molar-refractivity contribution is -0.671. The number of rotatable bonds is 7. The van der Waals surface area contributed by atoms with Crippen LogP contribution in [0.2, 0.25) is 0 Å². The van der Waals surface area contributed by atoms with Gasteiger partial charge in [0, 0.05) is 0 Å². The van der Waals surface area contributed by atoms with Crippen LogP contribution < -0.4 is 4.57 Å². The number of benzene rings is 1. The number of carbonyl (C=O) groups excluding carboxylic acids is 1. The standard InChI is InChI=1S/C16H19N3O4/c1-18-9-10-19(15(18)12-17-22)8-4-5-11-23-16(21)13-6-2-3-7-14(13)20/h2-3,6-7,9-10,12H,4-5,8,11H2,1H3,(H,20,21)/p+1. The number of hydrogen-bond donors (Lipinski definition) is 2. The number of hydrogen-bond acceptors (Lipinski definition) is 5. The Labute approximate surface area is 134 Å². The Morgan fingerprint density at radius 1 is 1.39 bits per heavy atom. The molecule has 0 bridgehead atoms. The van der Waals surface area contributed by atoms with E-state index in [1.54, 1.807) is 12.1 Å². The molecule has 0 saturated carbocycles. The summed E-state index contributed by atoms with van der Waals surface area (Å²) in [7, 11) is 1.86. The van der Waals surface area contributed by atoms with E-state index in [0.717, 1.165) is 18.8 Å². The number of nitrogens with zero attached hydrogens (tertiary/aromatic N) is 3. The number of esters is 1. The molecule has 0 saturated heterocycles. The number of phenolic OH excluding ortho intramolecular Hbond substituents is 1. The van der Waals surface area contributed by atoms with Gasteiger partial charge in [-0.1, -0.05) is 17.3 Å². The molecule has 23 heavy (non-hydrogen) atoms. The van der Waals surface area contributed by atoms with E-state index >= 15 is 0 Å². The summed E-state index contributed by atoms with van der Waals surface area (Å²) in [5.74, 6) is 0.174. The molecular formula is C16H20N3O4+. The number of phenols is 1. The summed E-state index contributed by atoms with van der Waals surface area (Å²) in [6.45, 7) is 1.00. The quantitative estimate of drug-likeness (QED) is 0.202. The summed E-state index contributed by atoms with van der Waals surface area (Å²) in [5, 5.41) is 21.3. The molecule has 0 spiro atoms. The molecule has 0 radical (unpaired) electrons. The fourth-order valence-electron chi connectivity index (χ4n) is 2.21. The van der Waals surface area contributed by atoms with Gasteiger partial charge in [-0.05, 0) is 25.0 Å². The van der Waals surface area contributed by atoms with Crippen LogP contribution in [0.4, 0.5) is 0 Å². The largest absolute Gasteiger partial charge is 0.507 e. The number of imidazole rings is 1. The van der Waals surface area contributed by atoms with Gasteiger partial charge in [0.25, 0.3) is 0 Å². The van der Waals surface area contributed by atoms with Crippen LogP contribution in [0.25, 0.3) is 0 Å². The van der Waals surface area contributed by atoms with Crippen molar-refractivity contribution >= 4 is 12.2 Å². The zero-order valence-corrected chi connectivity index (χ0v) is 12.9. The molecule has 7 heteroatoms. The van der Waals surface area contributed by atoms with Gasteiger partial charge in [-0.3, -0.25) is 0 Å². The number of aromatic nitrogens is 2. The molecule has 0 aliphatic rings. The van der Waals surface area contributed by atoms with E-state index in [0.29, 0.717) is 6.42 Å². The summed E-state index contributed by atoms with van der Waals surface area (Å²) in [6.07, 6.45) is 6.63. The van der Waals surface area contributed by atoms with Crippen LogP contribution in [-0.2, 0) is 18.3 Å². The molecule has 0 unspecified atom stereocenters. The number of aryl methyl sites for hydroxylation is 2. The Morgan fingerprint density at radius 2 is 2.17 bits per heavy atom. The third-order valence-corrected chi connectivity index (χ3v) is 3.45. The number of ether oxygens (including phenoxy) is 1. The Balaban J connectivity index is 1.76. The van der Waals surface area contributed by atoms with E-state index in [4.69, 9.17) is 9.94 Å². The van der Waals surface area contributed by atoms with Crippen LogP contribution in [0.5, 0.6) is 5.75 Å². The molecule has 1 aromatic carbocycles. The number of carbonyl (C=O) groups is 1. The third-order valence-electron chi connectivity index (χ3n) is 3.45. The molecule has 2 N–H and O–H groups in total. The van der Waals surface area contributed by atoms with E-state index in [2.05, 4.69) is 5.16 Å². The molecule has 0 amide bonds. The van der Waals surface area contributed by atoms with Gasteiger partial charge in [0.15, 0.2) is 6.21 Å². The Hall–Kier alpha value is -2.83. The Bertz CT molecular complexity index is 694. The molecule has 0 aliphatic carbocycles. The number of para-hydroxylation sites is 1. The lowest BCUT2D eigenvalue weighted by Gasteiger charge is -2.05. The second-order valence-corrected chi connectivity index (χ2v) is 5.07. The van der Waals surface area contributed by atoms with Crippen molar-refractivity contribution < 1.29 is 24.4 Å². The first-order valence-electron chi connectivity index (χ1n) is 7.31. The van der Waals surface area contributed by atoms with Crippen LogP contribution in [0.15, 0.2) is 41.8 Å². The van der Waals surface area contributed by atoms with Crippen molar-refractivity contribution in [1.82, 2.24) is 4.57 Å². The maximum atomic E-state index is 11.8. The van der Waals surface area contributed by atoms with Crippen molar-refractivity contribution in [3.05, 3.63) is 48.0 Å². The van der Waals surface area contributed by atoms with Gasteiger partial charge < -0.3 is 15.1 Å². The van der Waals surface area contributed by atoms with Crippen molar-refractivity contribution in [3.8, 4) is 5.75 Å². The molecule has 7 nitrogen and oxygen atoms in total. The van der Waals surface area contributed by atoms with Gasteiger partial charge in [-0.15, -0.1) is 0 Å². The van der Waals surface area contributed by atoms with Crippen LogP contribution in [0.3, 0.4) is 0 Å². The third kappa shape index (κ3) is 4.32. The van der Waals surface area contributed by atoms with Gasteiger partial charge in [0.1, 0.15) is 23.7 Å². The monoisotopic (exact) mass is 318 g/mol. The van der Waals surface area contributed by atoms with E-state index < -0.39 is 5.97 Å². The predicted octanol–water partition coefficient (Wildman–Crippen LogP) is 1.46. The minimum Gasteiger partial charge on any atom is -0.507 e. The van der Waals surface area contributed by atoms with Gasteiger partial charge in [-0.25, -0.2) is 13.9 Å². The lowest BCUT2D eigenvalue weighted by Crippen LogP contribution is -2.32. The summed E-state index contributed by atoms with van der Waals surface area (Å²) >= 11 is 0. The van der Waals surface area contributed by atoms with Crippen molar-refractivity contribution in [1.29, 1.82) is 0 Å². The first-order chi connectivity index (χ1) is 11.1. The smallest absolute Gasteiger partial charge is 0.341 e. The van der Waals surface area contributed by atoms with Gasteiger partial charge in [0.05, 0.1) is 20.2 Å². The summed E-state index contributed by atoms with van der Waals surface area (Å²) in [6, 6.07) is 6.30. The highest BCUT2D eigenvalue weighted by Crippen LogP contribution is 2.16. The van der Waals surface area contributed by atoms with E-state index in [1.165, 1.54) is 18.3 Å². The molecule has 0 atom stereocenters. The molecule has 2 aromatic rings. The maximum Gasteiger partial charge on any atom is 0.341 e. The second kappa shape index (κ2) is 7.98. The highest BCUT2D eigenvalue weighted by molar-refractivity contribution is 5.92. The highest BCUT2D eigenvalue weighted by Gasteiger charge is 2.13. The first kappa shape index (κ1) is 16.5. The van der Waals surface area contributed by atoms with Gasteiger partial charge in [0.2, 0.25) is 0 Å². The molecule has 1 aromatic heterocycles. The maximum absolute atomic E-state index is 11.8. The summed E-state index contributed by atoms with van der Waals surface area (Å²) < 4.78 is 8.94. The van der Waals surface area contributed by atoms with E-state index in [9.17, 15) is 9.90 Å². The molecule has 122 valence electrons. The molecule has 0 fully saturated rings. The Kier molecular flexibility index (Phi) is 5.74. The van der Waals surface area contributed by atoms with Crippen molar-refractivity contribution in [3.63, 3.8) is 0 Å². The highest BCUT2D eigenvalue weighted by atomic mass is 16.5. The predicted molar refractivity (Wildman–Crippen MR) is 82.6 cm³/mol. The first-order valence-corrected chi connectivity index (χ1v) is 7.31. The molecule has 1 heterocycles.